The van der Waals surface area contributed by atoms with Crippen LogP contribution in [0, 0.1) is 0 Å². The van der Waals surface area contributed by atoms with E-state index in [0.717, 1.165) is 44.2 Å². The number of nitrogens with zero attached hydrogens (tertiary/aromatic N) is 3. The Morgan fingerprint density at radius 3 is 2.23 bits per heavy atom. The minimum absolute atomic E-state index is 0.0898. The molecule has 2 aliphatic heterocycles. The quantitative estimate of drug-likeness (QED) is 0.412. The average molecular weight is 498 g/mol. The fourth-order valence-electron chi connectivity index (χ4n) is 3.59. The summed E-state index contributed by atoms with van der Waals surface area (Å²) in [6.07, 6.45) is 0.769. The first-order valence-electron chi connectivity index (χ1n) is 11.2. The first kappa shape index (κ1) is 26.4. The molecule has 0 amide bonds. The summed E-state index contributed by atoms with van der Waals surface area (Å²) in [6, 6.07) is 16.9. The van der Waals surface area contributed by atoms with Crippen LogP contribution in [0.5, 0.6) is 0 Å². The second kappa shape index (κ2) is 13.6. The van der Waals surface area contributed by atoms with Gasteiger partial charge in [0.15, 0.2) is 0 Å². The number of benzene rings is 2. The van der Waals surface area contributed by atoms with Gasteiger partial charge in [-0.25, -0.2) is 4.99 Å². The minimum atomic E-state index is -1.55. The van der Waals surface area contributed by atoms with Gasteiger partial charge in [0, 0.05) is 48.1 Å². The van der Waals surface area contributed by atoms with Gasteiger partial charge in [-0.05, 0) is 30.4 Å². The molecule has 0 bridgehead atoms. The SMILES string of the molecule is O=C([O-])/C=C\C(=O)[O-].OCCOCCN1CCN(C2=Nc3ccccc3Sc3ccccc32)CC1. The zero-order valence-electron chi connectivity index (χ0n) is 19.2. The molecule has 1 N–H and O–H groups in total. The van der Waals surface area contributed by atoms with E-state index >= 15 is 0 Å². The van der Waals surface area contributed by atoms with Crippen molar-refractivity contribution in [2.75, 3.05) is 52.5 Å². The maximum absolute atomic E-state index is 9.41. The predicted octanol–water partition coefficient (Wildman–Crippen LogP) is -0.102. The molecule has 9 nitrogen and oxygen atoms in total. The molecular formula is C25H27N3O6S-2. The molecule has 10 heteroatoms. The van der Waals surface area contributed by atoms with Crippen molar-refractivity contribution in [1.29, 1.82) is 0 Å². The monoisotopic (exact) mass is 497 g/mol. The van der Waals surface area contributed by atoms with Crippen molar-refractivity contribution in [2.24, 2.45) is 4.99 Å². The third kappa shape index (κ3) is 8.22. The lowest BCUT2D eigenvalue weighted by atomic mass is 10.1. The summed E-state index contributed by atoms with van der Waals surface area (Å²) >= 11 is 1.80. The second-order valence-corrected chi connectivity index (χ2v) is 8.72. The van der Waals surface area contributed by atoms with Crippen LogP contribution in [-0.2, 0) is 14.3 Å². The highest BCUT2D eigenvalue weighted by atomic mass is 32.2. The van der Waals surface area contributed by atoms with Gasteiger partial charge in [0.25, 0.3) is 0 Å². The van der Waals surface area contributed by atoms with E-state index in [1.165, 1.54) is 15.4 Å². The van der Waals surface area contributed by atoms with E-state index in [1.54, 1.807) is 11.8 Å². The van der Waals surface area contributed by atoms with Crippen LogP contribution in [0.1, 0.15) is 5.56 Å². The Morgan fingerprint density at radius 1 is 0.943 bits per heavy atom. The Balaban J connectivity index is 0.000000371. The number of aliphatic imine (C=N–C) groups is 1. The van der Waals surface area contributed by atoms with E-state index in [9.17, 15) is 19.8 Å². The van der Waals surface area contributed by atoms with Gasteiger partial charge in [-0.15, -0.1) is 0 Å². The highest BCUT2D eigenvalue weighted by Gasteiger charge is 2.24. The summed E-state index contributed by atoms with van der Waals surface area (Å²) in [6.45, 7) is 6.01. The molecule has 1 saturated heterocycles. The van der Waals surface area contributed by atoms with Gasteiger partial charge >= 0.3 is 0 Å². The number of amidine groups is 1. The second-order valence-electron chi connectivity index (χ2n) is 7.64. The number of carbonyl (C=O) groups is 2. The smallest absolute Gasteiger partial charge is 0.137 e. The van der Waals surface area contributed by atoms with Gasteiger partial charge < -0.3 is 34.5 Å². The standard InChI is InChI=1S/C21H25N3O2S.C4H4O4/c25-14-16-26-15-13-23-9-11-24(12-10-23)21-17-5-1-3-7-19(17)27-20-8-4-2-6-18(20)22-21;5-3(6)1-2-4(7)8/h1-8,25H,9-16H2;1-2H,(H,5,6)(H,7,8)/p-2/b;2-1-. The Hall–Kier alpha value is -3.18. The summed E-state index contributed by atoms with van der Waals surface area (Å²) in [5.74, 6) is -2.01. The number of para-hydroxylation sites is 1. The topological polar surface area (TPSA) is 129 Å². The number of rotatable bonds is 7. The first-order chi connectivity index (χ1) is 17.0. The van der Waals surface area contributed by atoms with Crippen LogP contribution < -0.4 is 10.2 Å². The molecule has 2 heterocycles. The molecule has 4 rings (SSSR count). The van der Waals surface area contributed by atoms with E-state index in [-0.39, 0.29) is 6.61 Å². The van der Waals surface area contributed by atoms with Crippen molar-refractivity contribution >= 4 is 35.2 Å². The van der Waals surface area contributed by atoms with Crippen LogP contribution in [0.15, 0.2) is 75.5 Å². The van der Waals surface area contributed by atoms with Gasteiger partial charge in [-0.1, -0.05) is 42.1 Å². The van der Waals surface area contributed by atoms with Gasteiger partial charge in [-0.2, -0.15) is 0 Å². The number of aliphatic hydroxyl groups excluding tert-OH is 1. The molecule has 2 aromatic rings. The summed E-state index contributed by atoms with van der Waals surface area (Å²) in [5.41, 5.74) is 2.27. The van der Waals surface area contributed by atoms with E-state index in [2.05, 4.69) is 58.3 Å². The number of carbonyl (C=O) groups excluding carboxylic acids is 2. The maximum Gasteiger partial charge on any atom is 0.137 e. The lowest BCUT2D eigenvalue weighted by Crippen LogP contribution is -2.49. The molecule has 0 atom stereocenters. The normalized spacial score (nSPS) is 15.3. The zero-order valence-corrected chi connectivity index (χ0v) is 20.0. The lowest BCUT2D eigenvalue weighted by molar-refractivity contribution is -0.301. The first-order valence-corrected chi connectivity index (χ1v) is 12.0. The van der Waals surface area contributed by atoms with Crippen molar-refractivity contribution in [2.45, 2.75) is 9.79 Å². The maximum atomic E-state index is 9.41. The van der Waals surface area contributed by atoms with Gasteiger partial charge in [0.05, 0.1) is 37.4 Å². The molecule has 0 aromatic heterocycles. The van der Waals surface area contributed by atoms with Gasteiger partial charge in [-0.3, -0.25) is 4.90 Å². The zero-order chi connectivity index (χ0) is 25.0. The highest BCUT2D eigenvalue weighted by Crippen LogP contribution is 2.40. The van der Waals surface area contributed by atoms with Crippen LogP contribution in [0.3, 0.4) is 0 Å². The molecule has 2 aromatic carbocycles. The van der Waals surface area contributed by atoms with E-state index < -0.39 is 11.9 Å². The number of aliphatic hydroxyl groups is 1. The van der Waals surface area contributed by atoms with Crippen molar-refractivity contribution < 1.29 is 29.6 Å². The largest absolute Gasteiger partial charge is 0.545 e. The number of ether oxygens (including phenoxy) is 1. The summed E-state index contributed by atoms with van der Waals surface area (Å²) in [7, 11) is 0. The Bertz CT molecular complexity index is 1050. The number of hydrogen-bond acceptors (Lipinski definition) is 10. The number of carboxylic acids is 2. The Kier molecular flexibility index (Phi) is 10.3. The van der Waals surface area contributed by atoms with E-state index in [1.807, 2.05) is 0 Å². The van der Waals surface area contributed by atoms with Crippen LogP contribution in [0.4, 0.5) is 5.69 Å². The number of hydrogen-bond donors (Lipinski definition) is 1. The lowest BCUT2D eigenvalue weighted by Gasteiger charge is -2.36. The number of fused-ring (bicyclic) bond motifs is 2. The number of aliphatic carboxylic acids is 2. The number of piperazine rings is 1. The third-order valence-corrected chi connectivity index (χ3v) is 6.40. The average Bonchev–Trinajstić information content (AvgIpc) is 3.03. The predicted molar refractivity (Wildman–Crippen MR) is 128 cm³/mol. The van der Waals surface area contributed by atoms with Gasteiger partial charge in [0.1, 0.15) is 5.84 Å². The fraction of sp³-hybridized carbons (Fsp3) is 0.320. The third-order valence-electron chi connectivity index (χ3n) is 5.25. The van der Waals surface area contributed by atoms with Crippen molar-refractivity contribution in [3.63, 3.8) is 0 Å². The highest BCUT2D eigenvalue weighted by molar-refractivity contribution is 7.99. The molecule has 0 aliphatic carbocycles. The Morgan fingerprint density at radius 2 is 1.57 bits per heavy atom. The van der Waals surface area contributed by atoms with Crippen molar-refractivity contribution in [1.82, 2.24) is 9.80 Å². The fourth-order valence-corrected chi connectivity index (χ4v) is 4.61. The molecule has 0 unspecified atom stereocenters. The van der Waals surface area contributed by atoms with E-state index in [0.29, 0.717) is 25.4 Å². The summed E-state index contributed by atoms with van der Waals surface area (Å²) < 4.78 is 5.40. The van der Waals surface area contributed by atoms with Crippen molar-refractivity contribution in [3.8, 4) is 0 Å². The van der Waals surface area contributed by atoms with Gasteiger partial charge in [0.2, 0.25) is 0 Å². The summed E-state index contributed by atoms with van der Waals surface area (Å²) in [5, 5.41) is 27.6. The summed E-state index contributed by atoms with van der Waals surface area (Å²) in [4.78, 5) is 31.2. The molecule has 2 aliphatic rings. The minimum Gasteiger partial charge on any atom is -0.545 e. The molecule has 1 fully saturated rings. The molecule has 186 valence electrons. The molecule has 0 saturated carbocycles. The molecule has 0 radical (unpaired) electrons. The van der Waals surface area contributed by atoms with Crippen molar-refractivity contribution in [3.05, 3.63) is 66.2 Å². The number of carboxylic acid groups (broad SMARTS) is 2. The van der Waals surface area contributed by atoms with Crippen LogP contribution >= 0.6 is 11.8 Å². The van der Waals surface area contributed by atoms with E-state index in [4.69, 9.17) is 14.8 Å². The van der Waals surface area contributed by atoms with Crippen LogP contribution in [0.25, 0.3) is 0 Å². The van der Waals surface area contributed by atoms with Crippen LogP contribution in [0.2, 0.25) is 0 Å². The molecular weight excluding hydrogens is 470 g/mol. The molecule has 35 heavy (non-hydrogen) atoms. The molecule has 0 spiro atoms. The van der Waals surface area contributed by atoms with Crippen LogP contribution in [-0.4, -0.2) is 85.2 Å². The Labute approximate surface area is 208 Å².